The maximum atomic E-state index is 11.6. The van der Waals surface area contributed by atoms with Crippen LogP contribution in [0.4, 0.5) is 4.79 Å². The van der Waals surface area contributed by atoms with Crippen molar-refractivity contribution in [1.29, 1.82) is 0 Å². The van der Waals surface area contributed by atoms with Crippen molar-refractivity contribution in [2.75, 3.05) is 6.61 Å². The summed E-state index contributed by atoms with van der Waals surface area (Å²) >= 11 is 6.03. The first-order valence-corrected chi connectivity index (χ1v) is 10.2. The van der Waals surface area contributed by atoms with Crippen LogP contribution in [0.3, 0.4) is 0 Å². The number of benzene rings is 1. The molecular formula is C21H33ClO3. The SMILES string of the molecule is CCCCCCCCCCCCCOC(=O)OC(Cl)c1ccccc1. The van der Waals surface area contributed by atoms with E-state index in [-0.39, 0.29) is 0 Å². The monoisotopic (exact) mass is 368 g/mol. The molecule has 0 radical (unpaired) electrons. The lowest BCUT2D eigenvalue weighted by Gasteiger charge is -2.11. The number of carbonyl (C=O) groups is 1. The quantitative estimate of drug-likeness (QED) is 0.195. The van der Waals surface area contributed by atoms with Gasteiger partial charge in [-0.15, -0.1) is 0 Å². The van der Waals surface area contributed by atoms with Crippen LogP contribution in [0.1, 0.15) is 88.7 Å². The average molecular weight is 369 g/mol. The van der Waals surface area contributed by atoms with Crippen LogP contribution in [0.15, 0.2) is 30.3 Å². The third-order valence-corrected chi connectivity index (χ3v) is 4.57. The van der Waals surface area contributed by atoms with Crippen molar-refractivity contribution in [1.82, 2.24) is 0 Å². The molecular weight excluding hydrogens is 336 g/mol. The molecule has 1 atom stereocenters. The summed E-state index contributed by atoms with van der Waals surface area (Å²) in [4.78, 5) is 11.6. The van der Waals surface area contributed by atoms with Crippen molar-refractivity contribution in [2.45, 2.75) is 83.1 Å². The van der Waals surface area contributed by atoms with Crippen LogP contribution in [0.5, 0.6) is 0 Å². The number of carbonyl (C=O) groups excluding carboxylic acids is 1. The average Bonchev–Trinajstić information content (AvgIpc) is 2.63. The van der Waals surface area contributed by atoms with Crippen molar-refractivity contribution in [3.05, 3.63) is 35.9 Å². The van der Waals surface area contributed by atoms with Gasteiger partial charge >= 0.3 is 6.16 Å². The van der Waals surface area contributed by atoms with Crippen molar-refractivity contribution in [3.63, 3.8) is 0 Å². The molecule has 0 saturated heterocycles. The van der Waals surface area contributed by atoms with Crippen molar-refractivity contribution in [2.24, 2.45) is 0 Å². The molecule has 1 aromatic rings. The second-order valence-electron chi connectivity index (χ2n) is 6.48. The smallest absolute Gasteiger partial charge is 0.434 e. The molecule has 25 heavy (non-hydrogen) atoms. The Morgan fingerprint density at radius 2 is 1.40 bits per heavy atom. The first-order valence-electron chi connectivity index (χ1n) is 9.76. The van der Waals surface area contributed by atoms with Gasteiger partial charge in [0.15, 0.2) is 0 Å². The summed E-state index contributed by atoms with van der Waals surface area (Å²) in [6.45, 7) is 2.65. The van der Waals surface area contributed by atoms with Crippen LogP contribution in [-0.4, -0.2) is 12.8 Å². The Bertz CT molecular complexity index is 436. The van der Waals surface area contributed by atoms with Crippen LogP contribution in [0.25, 0.3) is 0 Å². The van der Waals surface area contributed by atoms with Gasteiger partial charge in [-0.1, -0.05) is 113 Å². The molecule has 0 fully saturated rings. The molecule has 0 spiro atoms. The zero-order valence-electron chi connectivity index (χ0n) is 15.6. The number of ether oxygens (including phenoxy) is 2. The van der Waals surface area contributed by atoms with Crippen molar-refractivity contribution < 1.29 is 14.3 Å². The van der Waals surface area contributed by atoms with E-state index in [1.807, 2.05) is 30.3 Å². The minimum absolute atomic E-state index is 0.397. The molecule has 0 N–H and O–H groups in total. The molecule has 0 aliphatic rings. The number of rotatable bonds is 14. The maximum Gasteiger partial charge on any atom is 0.510 e. The van der Waals surface area contributed by atoms with Gasteiger partial charge < -0.3 is 9.47 Å². The molecule has 0 heterocycles. The van der Waals surface area contributed by atoms with E-state index >= 15 is 0 Å². The third kappa shape index (κ3) is 11.9. The number of unbranched alkanes of at least 4 members (excludes halogenated alkanes) is 10. The first-order chi connectivity index (χ1) is 12.2. The molecule has 1 rings (SSSR count). The highest BCUT2D eigenvalue weighted by molar-refractivity contribution is 6.20. The Labute approximate surface area is 158 Å². The lowest BCUT2D eigenvalue weighted by atomic mass is 10.1. The Morgan fingerprint density at radius 3 is 1.96 bits per heavy atom. The molecule has 0 aliphatic carbocycles. The van der Waals surface area contributed by atoms with E-state index in [0.717, 1.165) is 18.4 Å². The summed E-state index contributed by atoms with van der Waals surface area (Å²) in [6, 6.07) is 9.22. The van der Waals surface area contributed by atoms with Gasteiger partial charge in [-0.2, -0.15) is 0 Å². The lowest BCUT2D eigenvalue weighted by Crippen LogP contribution is -2.10. The second kappa shape index (κ2) is 15.1. The van der Waals surface area contributed by atoms with Gasteiger partial charge in [0.1, 0.15) is 0 Å². The van der Waals surface area contributed by atoms with E-state index in [9.17, 15) is 4.79 Å². The van der Waals surface area contributed by atoms with Crippen molar-refractivity contribution in [3.8, 4) is 0 Å². The van der Waals surface area contributed by atoms with Gasteiger partial charge in [0.05, 0.1) is 6.61 Å². The van der Waals surface area contributed by atoms with Gasteiger partial charge in [-0.05, 0) is 6.42 Å². The van der Waals surface area contributed by atoms with Crippen LogP contribution in [-0.2, 0) is 9.47 Å². The lowest BCUT2D eigenvalue weighted by molar-refractivity contribution is 0.0443. The Hall–Kier alpha value is -1.22. The van der Waals surface area contributed by atoms with Gasteiger partial charge in [0, 0.05) is 5.56 Å². The second-order valence-corrected chi connectivity index (χ2v) is 6.87. The fourth-order valence-corrected chi connectivity index (χ4v) is 2.93. The number of alkyl halides is 1. The summed E-state index contributed by atoms with van der Waals surface area (Å²) in [6.07, 6.45) is 13.2. The predicted octanol–water partition coefficient (Wildman–Crippen LogP) is 7.39. The highest BCUT2D eigenvalue weighted by Gasteiger charge is 2.14. The standard InChI is InChI=1S/C21H33ClO3/c1-2-3-4-5-6-7-8-9-10-11-15-18-24-21(23)25-20(22)19-16-13-12-14-17-19/h12-14,16-17,20H,2-11,15,18H2,1H3. The Morgan fingerprint density at radius 1 is 0.880 bits per heavy atom. The van der Waals surface area contributed by atoms with Gasteiger partial charge in [0.2, 0.25) is 5.56 Å². The van der Waals surface area contributed by atoms with Crippen molar-refractivity contribution >= 4 is 17.8 Å². The predicted molar refractivity (Wildman–Crippen MR) is 104 cm³/mol. The minimum atomic E-state index is -0.800. The van der Waals surface area contributed by atoms with Crippen LogP contribution in [0.2, 0.25) is 0 Å². The van der Waals surface area contributed by atoms with Crippen LogP contribution >= 0.6 is 11.6 Å². The fourth-order valence-electron chi connectivity index (χ4n) is 2.71. The molecule has 0 amide bonds. The highest BCUT2D eigenvalue weighted by atomic mass is 35.5. The number of hydrogen-bond acceptors (Lipinski definition) is 3. The van der Waals surface area contributed by atoms with E-state index in [4.69, 9.17) is 21.1 Å². The topological polar surface area (TPSA) is 35.5 Å². The third-order valence-electron chi connectivity index (χ3n) is 4.23. The Kier molecular flexibility index (Phi) is 13.2. The molecule has 142 valence electrons. The molecule has 0 bridgehead atoms. The number of hydrogen-bond donors (Lipinski definition) is 0. The summed E-state index contributed by atoms with van der Waals surface area (Å²) in [5.74, 6) is 0. The molecule has 0 saturated carbocycles. The maximum absolute atomic E-state index is 11.6. The Balaban J connectivity index is 1.90. The van der Waals surface area contributed by atoms with E-state index in [1.165, 1.54) is 57.8 Å². The zero-order valence-corrected chi connectivity index (χ0v) is 16.3. The molecule has 0 aromatic heterocycles. The normalized spacial score (nSPS) is 11.9. The van der Waals surface area contributed by atoms with E-state index < -0.39 is 11.7 Å². The summed E-state index contributed by atoms with van der Waals surface area (Å²) in [5.41, 5.74) is -0.0539. The first kappa shape index (κ1) is 21.8. The van der Waals surface area contributed by atoms with Crippen LogP contribution < -0.4 is 0 Å². The number of halogens is 1. The summed E-state index contributed by atoms with van der Waals surface area (Å²) in [7, 11) is 0. The van der Waals surface area contributed by atoms with E-state index in [2.05, 4.69) is 6.92 Å². The molecule has 0 aliphatic heterocycles. The highest BCUT2D eigenvalue weighted by Crippen LogP contribution is 2.21. The molecule has 3 nitrogen and oxygen atoms in total. The molecule has 1 aromatic carbocycles. The fraction of sp³-hybridized carbons (Fsp3) is 0.667. The van der Waals surface area contributed by atoms with Gasteiger partial charge in [0.25, 0.3) is 0 Å². The minimum Gasteiger partial charge on any atom is -0.434 e. The summed E-state index contributed by atoms with van der Waals surface area (Å²) < 4.78 is 10.1. The van der Waals surface area contributed by atoms with Gasteiger partial charge in [-0.25, -0.2) is 4.79 Å². The molecule has 1 unspecified atom stereocenters. The summed E-state index contributed by atoms with van der Waals surface area (Å²) in [5, 5.41) is 0. The largest absolute Gasteiger partial charge is 0.510 e. The van der Waals surface area contributed by atoms with Crippen LogP contribution in [0, 0.1) is 0 Å². The zero-order chi connectivity index (χ0) is 18.2. The molecule has 4 heteroatoms. The van der Waals surface area contributed by atoms with Gasteiger partial charge in [-0.3, -0.25) is 0 Å². The van der Waals surface area contributed by atoms with E-state index in [1.54, 1.807) is 0 Å². The van der Waals surface area contributed by atoms with E-state index in [0.29, 0.717) is 6.61 Å².